The molecule has 0 spiro atoms. The smallest absolute Gasteiger partial charge is 0.199 e. The molecule has 1 N–H and O–H groups in total. The lowest BCUT2D eigenvalue weighted by atomic mass is 10.1. The second-order valence-electron chi connectivity index (χ2n) is 8.99. The van der Waals surface area contributed by atoms with E-state index in [1.165, 1.54) is 10.6 Å². The van der Waals surface area contributed by atoms with Crippen molar-refractivity contribution < 1.29 is 0 Å². The van der Waals surface area contributed by atoms with Crippen LogP contribution in [0.4, 0.5) is 17.2 Å². The molecule has 4 heterocycles. The summed E-state index contributed by atoms with van der Waals surface area (Å²) in [6.45, 7) is 14.8. The van der Waals surface area contributed by atoms with Crippen molar-refractivity contribution in [3.05, 3.63) is 71.3 Å². The zero-order valence-corrected chi connectivity index (χ0v) is 21.3. The quantitative estimate of drug-likeness (QED) is 0.342. The predicted molar refractivity (Wildman–Crippen MR) is 147 cm³/mol. The van der Waals surface area contributed by atoms with Crippen LogP contribution in [0.2, 0.25) is 0 Å². The fourth-order valence-electron chi connectivity index (χ4n) is 4.51. The maximum Gasteiger partial charge on any atom is 0.199 e. The Morgan fingerprint density at radius 2 is 1.86 bits per heavy atom. The van der Waals surface area contributed by atoms with E-state index in [1.54, 1.807) is 23.7 Å². The summed E-state index contributed by atoms with van der Waals surface area (Å²) in [6, 6.07) is 9.17. The Balaban J connectivity index is 1.37. The molecule has 35 heavy (non-hydrogen) atoms. The maximum absolute atomic E-state index is 4.73. The Hall–Kier alpha value is -3.49. The lowest BCUT2D eigenvalue weighted by Gasteiger charge is -2.38. The number of fused-ring (bicyclic) bond motifs is 1. The number of nitrogens with one attached hydrogen (secondary N) is 1. The van der Waals surface area contributed by atoms with Crippen LogP contribution in [0.3, 0.4) is 0 Å². The average molecular weight is 486 g/mol. The molecule has 5 rings (SSSR count). The summed E-state index contributed by atoms with van der Waals surface area (Å²) in [7, 11) is 0. The fraction of sp³-hybridized carbons (Fsp3) is 0.296. The first kappa shape index (κ1) is 23.3. The minimum atomic E-state index is 0.607. The minimum Gasteiger partial charge on any atom is -0.369 e. The van der Waals surface area contributed by atoms with Gasteiger partial charge in [-0.2, -0.15) is 5.10 Å². The Bertz CT molecular complexity index is 1340. The molecule has 1 aliphatic rings. The van der Waals surface area contributed by atoms with Gasteiger partial charge in [-0.05, 0) is 50.6 Å². The highest BCUT2D eigenvalue weighted by Crippen LogP contribution is 2.33. The standard InChI is InChI=1S/C27H31N7S/c1-5-6-7-23-20(4)35-17-24(23)25-16-28-26(27-29-18-30-34(25)27)31-21-8-10-22(11-9-21)33-14-12-32(13-15-33)19(2)3/h5-11,16-19H,1,12-15H2,2-4H3,(H,28,31)/b7-6-. The number of piperazine rings is 1. The van der Waals surface area contributed by atoms with Crippen molar-refractivity contribution in [2.75, 3.05) is 36.4 Å². The van der Waals surface area contributed by atoms with Gasteiger partial charge < -0.3 is 10.2 Å². The summed E-state index contributed by atoms with van der Waals surface area (Å²) in [4.78, 5) is 15.4. The molecule has 1 saturated heterocycles. The van der Waals surface area contributed by atoms with E-state index in [1.807, 2.05) is 16.8 Å². The van der Waals surface area contributed by atoms with Crippen LogP contribution in [-0.2, 0) is 0 Å². The van der Waals surface area contributed by atoms with E-state index >= 15 is 0 Å². The maximum atomic E-state index is 4.73. The van der Waals surface area contributed by atoms with Crippen molar-refractivity contribution in [1.29, 1.82) is 0 Å². The number of benzene rings is 1. The van der Waals surface area contributed by atoms with E-state index in [4.69, 9.17) is 4.98 Å². The van der Waals surface area contributed by atoms with Crippen LogP contribution in [0.15, 0.2) is 60.9 Å². The number of nitrogens with zero attached hydrogens (tertiary/aromatic N) is 6. The van der Waals surface area contributed by atoms with Gasteiger partial charge in [-0.25, -0.2) is 14.5 Å². The fourth-order valence-corrected chi connectivity index (χ4v) is 5.36. The summed E-state index contributed by atoms with van der Waals surface area (Å²) >= 11 is 1.71. The molecule has 0 radical (unpaired) electrons. The van der Waals surface area contributed by atoms with Crippen LogP contribution in [0.25, 0.3) is 23.0 Å². The molecule has 0 amide bonds. The highest BCUT2D eigenvalue weighted by atomic mass is 32.1. The second-order valence-corrected chi connectivity index (χ2v) is 10.1. The van der Waals surface area contributed by atoms with Gasteiger partial charge in [0.15, 0.2) is 11.5 Å². The second kappa shape index (κ2) is 10.0. The number of hydrogen-bond donors (Lipinski definition) is 1. The minimum absolute atomic E-state index is 0.607. The van der Waals surface area contributed by atoms with Gasteiger partial charge in [-0.1, -0.05) is 24.8 Å². The average Bonchev–Trinajstić information content (AvgIpc) is 3.51. The number of aryl methyl sites for hydroxylation is 1. The summed E-state index contributed by atoms with van der Waals surface area (Å²) in [5.41, 5.74) is 6.07. The number of allylic oxidation sites excluding steroid dienone is 2. The van der Waals surface area contributed by atoms with Crippen LogP contribution < -0.4 is 10.2 Å². The first-order valence-corrected chi connectivity index (χ1v) is 12.9. The lowest BCUT2D eigenvalue weighted by Crippen LogP contribution is -2.48. The van der Waals surface area contributed by atoms with E-state index in [0.717, 1.165) is 48.7 Å². The molecule has 1 aliphatic heterocycles. The number of thiophene rings is 1. The van der Waals surface area contributed by atoms with Gasteiger partial charge in [0.1, 0.15) is 6.33 Å². The molecule has 3 aromatic heterocycles. The number of hydrogen-bond acceptors (Lipinski definition) is 7. The van der Waals surface area contributed by atoms with Crippen molar-refractivity contribution in [2.24, 2.45) is 0 Å². The highest BCUT2D eigenvalue weighted by molar-refractivity contribution is 7.10. The summed E-state index contributed by atoms with van der Waals surface area (Å²) in [5, 5.41) is 10.1. The number of rotatable bonds is 7. The molecule has 0 unspecified atom stereocenters. The molecule has 8 heteroatoms. The SMILES string of the molecule is C=C/C=C\c1c(-c2cnc(Nc3ccc(N4CCN(C(C)C)CC4)cc3)c3ncnn23)csc1C. The van der Waals surface area contributed by atoms with Crippen molar-refractivity contribution in [3.8, 4) is 11.3 Å². The first-order chi connectivity index (χ1) is 17.0. The predicted octanol–water partition coefficient (Wildman–Crippen LogP) is 5.63. The van der Waals surface area contributed by atoms with Crippen LogP contribution in [0.1, 0.15) is 24.3 Å². The van der Waals surface area contributed by atoms with Crippen molar-refractivity contribution >= 4 is 40.3 Å². The van der Waals surface area contributed by atoms with Gasteiger partial charge >= 0.3 is 0 Å². The van der Waals surface area contributed by atoms with Gasteiger partial charge in [0.05, 0.1) is 11.9 Å². The molecule has 0 aliphatic carbocycles. The Kier molecular flexibility index (Phi) is 6.66. The van der Waals surface area contributed by atoms with Gasteiger partial charge in [-0.15, -0.1) is 11.3 Å². The van der Waals surface area contributed by atoms with Crippen LogP contribution in [0.5, 0.6) is 0 Å². The summed E-state index contributed by atoms with van der Waals surface area (Å²) in [6.07, 6.45) is 9.25. The van der Waals surface area contributed by atoms with Gasteiger partial charge in [0.25, 0.3) is 0 Å². The van der Waals surface area contributed by atoms with Crippen molar-refractivity contribution in [3.63, 3.8) is 0 Å². The van der Waals surface area contributed by atoms with E-state index in [0.29, 0.717) is 17.5 Å². The third-order valence-corrected chi connectivity index (χ3v) is 7.47. The van der Waals surface area contributed by atoms with Gasteiger partial charge in [0, 0.05) is 59.4 Å². The zero-order chi connectivity index (χ0) is 24.4. The molecule has 1 aromatic carbocycles. The van der Waals surface area contributed by atoms with Crippen LogP contribution in [0, 0.1) is 6.92 Å². The van der Waals surface area contributed by atoms with E-state index < -0.39 is 0 Å². The Morgan fingerprint density at radius 3 is 2.57 bits per heavy atom. The molecule has 1 fully saturated rings. The molecular formula is C27H31N7S. The first-order valence-electron chi connectivity index (χ1n) is 12.0. The molecule has 7 nitrogen and oxygen atoms in total. The van der Waals surface area contributed by atoms with E-state index in [2.05, 4.69) is 88.3 Å². The molecule has 4 aromatic rings. The number of aromatic nitrogens is 4. The monoisotopic (exact) mass is 485 g/mol. The number of anilines is 3. The Labute approximate surface area is 210 Å². The van der Waals surface area contributed by atoms with Gasteiger partial charge in [-0.3, -0.25) is 4.90 Å². The summed E-state index contributed by atoms with van der Waals surface area (Å²) in [5.74, 6) is 0.680. The normalized spacial score (nSPS) is 14.9. The van der Waals surface area contributed by atoms with Crippen LogP contribution in [-0.4, -0.2) is 56.7 Å². The summed E-state index contributed by atoms with van der Waals surface area (Å²) < 4.78 is 1.85. The largest absolute Gasteiger partial charge is 0.369 e. The molecule has 0 atom stereocenters. The lowest BCUT2D eigenvalue weighted by molar-refractivity contribution is 0.209. The third kappa shape index (κ3) is 4.72. The van der Waals surface area contributed by atoms with E-state index in [9.17, 15) is 0 Å². The molecule has 0 saturated carbocycles. The molecule has 180 valence electrons. The van der Waals surface area contributed by atoms with Crippen molar-refractivity contribution in [2.45, 2.75) is 26.8 Å². The zero-order valence-electron chi connectivity index (χ0n) is 20.5. The molecule has 0 bridgehead atoms. The Morgan fingerprint density at radius 1 is 1.09 bits per heavy atom. The van der Waals surface area contributed by atoms with Gasteiger partial charge in [0.2, 0.25) is 0 Å². The topological polar surface area (TPSA) is 61.6 Å². The highest BCUT2D eigenvalue weighted by Gasteiger charge is 2.19. The van der Waals surface area contributed by atoms with E-state index in [-0.39, 0.29) is 0 Å². The molecular weight excluding hydrogens is 454 g/mol. The van der Waals surface area contributed by atoms with Crippen LogP contribution >= 0.6 is 11.3 Å². The van der Waals surface area contributed by atoms with Crippen molar-refractivity contribution in [1.82, 2.24) is 24.5 Å². The third-order valence-electron chi connectivity index (χ3n) is 6.54.